The maximum absolute atomic E-state index is 14.3. The van der Waals surface area contributed by atoms with E-state index in [9.17, 15) is 9.18 Å². The first-order chi connectivity index (χ1) is 12.4. The van der Waals surface area contributed by atoms with Crippen molar-refractivity contribution in [1.82, 2.24) is 20.1 Å². The number of aryl methyl sites for hydroxylation is 1. The first-order valence-corrected chi connectivity index (χ1v) is 8.61. The average molecular weight is 419 g/mol. The molecule has 1 N–H and O–H groups in total. The lowest BCUT2D eigenvalue weighted by atomic mass is 10.1. The zero-order valence-corrected chi connectivity index (χ0v) is 15.7. The van der Waals surface area contributed by atoms with Gasteiger partial charge in [-0.05, 0) is 49.4 Å². The number of nitrogens with zero attached hydrogens (tertiary/aromatic N) is 3. The van der Waals surface area contributed by atoms with E-state index in [0.29, 0.717) is 11.6 Å². The Labute approximate surface area is 158 Å². The standard InChI is InChI=1S/C18H16BrFN4O2/c1-11(17-23-21-10-24(17)2)22-18(25)12-3-8-16(15(20)9-12)26-14-6-4-13(19)5-7-14/h3-11H,1-2H3,(H,22,25). The number of carbonyl (C=O) groups is 1. The molecule has 0 radical (unpaired) electrons. The summed E-state index contributed by atoms with van der Waals surface area (Å²) >= 11 is 3.33. The molecule has 3 rings (SSSR count). The molecule has 1 unspecified atom stereocenters. The zero-order valence-electron chi connectivity index (χ0n) is 14.1. The van der Waals surface area contributed by atoms with E-state index in [1.165, 1.54) is 12.1 Å². The fourth-order valence-electron chi connectivity index (χ4n) is 2.38. The second-order valence-electron chi connectivity index (χ2n) is 5.70. The topological polar surface area (TPSA) is 69.0 Å². The second-order valence-corrected chi connectivity index (χ2v) is 6.61. The Kier molecular flexibility index (Phi) is 5.32. The smallest absolute Gasteiger partial charge is 0.251 e. The molecule has 0 spiro atoms. The van der Waals surface area contributed by atoms with E-state index in [2.05, 4.69) is 31.4 Å². The highest BCUT2D eigenvalue weighted by Crippen LogP contribution is 2.26. The summed E-state index contributed by atoms with van der Waals surface area (Å²) in [5.74, 6) is 0.126. The Morgan fingerprint density at radius 2 is 2.00 bits per heavy atom. The quantitative estimate of drug-likeness (QED) is 0.679. The van der Waals surface area contributed by atoms with Gasteiger partial charge in [-0.3, -0.25) is 4.79 Å². The largest absolute Gasteiger partial charge is 0.454 e. The molecule has 6 nitrogen and oxygen atoms in total. The van der Waals surface area contributed by atoms with Crippen molar-refractivity contribution in [1.29, 1.82) is 0 Å². The molecule has 1 heterocycles. The van der Waals surface area contributed by atoms with E-state index in [1.807, 2.05) is 0 Å². The molecule has 0 aliphatic heterocycles. The Bertz CT molecular complexity index is 927. The summed E-state index contributed by atoms with van der Waals surface area (Å²) < 4.78 is 22.4. The summed E-state index contributed by atoms with van der Waals surface area (Å²) in [6.45, 7) is 1.78. The number of nitrogens with one attached hydrogen (secondary N) is 1. The number of amides is 1. The van der Waals surface area contributed by atoms with Gasteiger partial charge in [0.1, 0.15) is 12.1 Å². The van der Waals surface area contributed by atoms with Crippen molar-refractivity contribution in [3.05, 3.63) is 70.5 Å². The SMILES string of the molecule is CC(NC(=O)c1ccc(Oc2ccc(Br)cc2)c(F)c1)c1nncn1C. The van der Waals surface area contributed by atoms with E-state index in [-0.39, 0.29) is 17.4 Å². The van der Waals surface area contributed by atoms with E-state index in [0.717, 1.165) is 10.5 Å². The van der Waals surface area contributed by atoms with E-state index < -0.39 is 11.7 Å². The van der Waals surface area contributed by atoms with Gasteiger partial charge in [0.25, 0.3) is 5.91 Å². The molecular weight excluding hydrogens is 403 g/mol. The predicted octanol–water partition coefficient (Wildman–Crippen LogP) is 4.00. The van der Waals surface area contributed by atoms with Gasteiger partial charge in [-0.25, -0.2) is 4.39 Å². The van der Waals surface area contributed by atoms with E-state index >= 15 is 0 Å². The Morgan fingerprint density at radius 1 is 1.27 bits per heavy atom. The average Bonchev–Trinajstić information content (AvgIpc) is 3.04. The molecule has 3 aromatic rings. The molecule has 0 saturated carbocycles. The summed E-state index contributed by atoms with van der Waals surface area (Å²) in [5.41, 5.74) is 0.194. The highest BCUT2D eigenvalue weighted by Gasteiger charge is 2.17. The van der Waals surface area contributed by atoms with Gasteiger partial charge >= 0.3 is 0 Å². The maximum Gasteiger partial charge on any atom is 0.251 e. The Hall–Kier alpha value is -2.74. The van der Waals surface area contributed by atoms with Crippen LogP contribution in [0.15, 0.2) is 53.3 Å². The molecule has 134 valence electrons. The number of hydrogen-bond donors (Lipinski definition) is 1. The van der Waals surface area contributed by atoms with Crippen molar-refractivity contribution in [3.8, 4) is 11.5 Å². The molecule has 1 aromatic heterocycles. The first kappa shape index (κ1) is 18.1. The number of rotatable bonds is 5. The minimum absolute atomic E-state index is 0.0465. The van der Waals surface area contributed by atoms with Gasteiger partial charge in [-0.15, -0.1) is 10.2 Å². The molecule has 1 amide bonds. The van der Waals surface area contributed by atoms with Crippen molar-refractivity contribution in [2.75, 3.05) is 0 Å². The van der Waals surface area contributed by atoms with Crippen LogP contribution in [0.4, 0.5) is 4.39 Å². The molecule has 0 fully saturated rings. The van der Waals surface area contributed by atoms with E-state index in [4.69, 9.17) is 4.74 Å². The van der Waals surface area contributed by atoms with Crippen molar-refractivity contribution in [3.63, 3.8) is 0 Å². The number of benzene rings is 2. The van der Waals surface area contributed by atoms with Gasteiger partial charge in [0.15, 0.2) is 17.4 Å². The molecule has 0 saturated heterocycles. The fourth-order valence-corrected chi connectivity index (χ4v) is 2.65. The summed E-state index contributed by atoms with van der Waals surface area (Å²) in [6.07, 6.45) is 1.55. The van der Waals surface area contributed by atoms with Crippen LogP contribution in [0.2, 0.25) is 0 Å². The minimum Gasteiger partial charge on any atom is -0.454 e. The Morgan fingerprint density at radius 3 is 2.62 bits per heavy atom. The van der Waals surface area contributed by atoms with Crippen LogP contribution in [-0.2, 0) is 7.05 Å². The second kappa shape index (κ2) is 7.65. The molecule has 26 heavy (non-hydrogen) atoms. The van der Waals surface area contributed by atoms with Crippen LogP contribution in [0.25, 0.3) is 0 Å². The van der Waals surface area contributed by atoms with Crippen LogP contribution < -0.4 is 10.1 Å². The third-order valence-corrected chi connectivity index (χ3v) is 4.25. The van der Waals surface area contributed by atoms with Gasteiger partial charge in [-0.1, -0.05) is 15.9 Å². The van der Waals surface area contributed by atoms with Crippen molar-refractivity contribution in [2.45, 2.75) is 13.0 Å². The van der Waals surface area contributed by atoms with Crippen molar-refractivity contribution < 1.29 is 13.9 Å². The molecule has 0 aliphatic rings. The van der Waals surface area contributed by atoms with Crippen LogP contribution in [0, 0.1) is 5.82 Å². The third kappa shape index (κ3) is 4.08. The summed E-state index contributed by atoms with van der Waals surface area (Å²) in [5, 5.41) is 10.5. The van der Waals surface area contributed by atoms with Gasteiger partial charge in [0.2, 0.25) is 0 Å². The third-order valence-electron chi connectivity index (χ3n) is 3.72. The number of halogens is 2. The predicted molar refractivity (Wildman–Crippen MR) is 97.5 cm³/mol. The highest BCUT2D eigenvalue weighted by atomic mass is 79.9. The molecule has 0 bridgehead atoms. The minimum atomic E-state index is -0.619. The van der Waals surface area contributed by atoms with E-state index in [1.54, 1.807) is 49.1 Å². The maximum atomic E-state index is 14.3. The number of hydrogen-bond acceptors (Lipinski definition) is 4. The lowest BCUT2D eigenvalue weighted by Gasteiger charge is -2.13. The van der Waals surface area contributed by atoms with Crippen LogP contribution in [-0.4, -0.2) is 20.7 Å². The lowest BCUT2D eigenvalue weighted by molar-refractivity contribution is 0.0937. The molecule has 8 heteroatoms. The van der Waals surface area contributed by atoms with Gasteiger partial charge in [-0.2, -0.15) is 0 Å². The first-order valence-electron chi connectivity index (χ1n) is 7.82. The normalized spacial score (nSPS) is 11.8. The summed E-state index contributed by atoms with van der Waals surface area (Å²) in [6, 6.07) is 10.7. The molecule has 0 aliphatic carbocycles. The molecule has 1 atom stereocenters. The van der Waals surface area contributed by atoms with Crippen LogP contribution in [0.3, 0.4) is 0 Å². The van der Waals surface area contributed by atoms with Crippen molar-refractivity contribution in [2.24, 2.45) is 7.05 Å². The zero-order chi connectivity index (χ0) is 18.7. The van der Waals surface area contributed by atoms with Gasteiger partial charge < -0.3 is 14.6 Å². The highest BCUT2D eigenvalue weighted by molar-refractivity contribution is 9.10. The van der Waals surface area contributed by atoms with Crippen LogP contribution in [0.1, 0.15) is 29.1 Å². The van der Waals surface area contributed by atoms with Gasteiger partial charge in [0, 0.05) is 17.1 Å². The summed E-state index contributed by atoms with van der Waals surface area (Å²) in [7, 11) is 1.78. The Balaban J connectivity index is 1.71. The number of ether oxygens (including phenoxy) is 1. The monoisotopic (exact) mass is 418 g/mol. The van der Waals surface area contributed by atoms with Crippen molar-refractivity contribution >= 4 is 21.8 Å². The fraction of sp³-hybridized carbons (Fsp3) is 0.167. The van der Waals surface area contributed by atoms with Crippen LogP contribution >= 0.6 is 15.9 Å². The molecular formula is C18H16BrFN4O2. The number of carbonyl (C=O) groups excluding carboxylic acids is 1. The number of aromatic nitrogens is 3. The van der Waals surface area contributed by atoms with Gasteiger partial charge in [0.05, 0.1) is 6.04 Å². The van der Waals surface area contributed by atoms with Crippen LogP contribution in [0.5, 0.6) is 11.5 Å². The lowest BCUT2D eigenvalue weighted by Crippen LogP contribution is -2.28. The molecule has 2 aromatic carbocycles. The summed E-state index contributed by atoms with van der Waals surface area (Å²) in [4.78, 5) is 12.3.